The minimum absolute atomic E-state index is 0.193. The number of hydrogen-bond acceptors (Lipinski definition) is 4. The van der Waals surface area contributed by atoms with Crippen LogP contribution in [0.1, 0.15) is 15.9 Å². The Balaban J connectivity index is 2.09. The van der Waals surface area contributed by atoms with Crippen LogP contribution < -0.4 is 5.32 Å². The minimum atomic E-state index is -0.484. The van der Waals surface area contributed by atoms with E-state index in [2.05, 4.69) is 5.32 Å². The Morgan fingerprint density at radius 1 is 1.17 bits per heavy atom. The first-order valence-corrected chi connectivity index (χ1v) is 8.24. The molecule has 2 rings (SSSR count). The van der Waals surface area contributed by atoms with Gasteiger partial charge in [-0.05, 0) is 30.7 Å². The number of nitrogens with one attached hydrogen (secondary N) is 1. The predicted octanol–water partition coefficient (Wildman–Crippen LogP) is 4.17. The van der Waals surface area contributed by atoms with Gasteiger partial charge in [0.15, 0.2) is 0 Å². The number of aryl methyl sites for hydroxylation is 1. The van der Waals surface area contributed by atoms with Crippen molar-refractivity contribution in [3.63, 3.8) is 0 Å². The van der Waals surface area contributed by atoms with Crippen LogP contribution in [0, 0.1) is 6.92 Å². The molecule has 0 spiro atoms. The Hall–Kier alpha value is -1.98. The van der Waals surface area contributed by atoms with Gasteiger partial charge in [-0.25, -0.2) is 4.79 Å². The molecule has 0 aliphatic heterocycles. The van der Waals surface area contributed by atoms with Gasteiger partial charge in [-0.1, -0.05) is 35.9 Å². The predicted molar refractivity (Wildman–Crippen MR) is 93.3 cm³/mol. The number of carbonyl (C=O) groups excluding carboxylic acids is 2. The Morgan fingerprint density at radius 3 is 2.61 bits per heavy atom. The Kier molecular flexibility index (Phi) is 6.07. The monoisotopic (exact) mass is 349 g/mol. The number of thioether (sulfide) groups is 1. The summed E-state index contributed by atoms with van der Waals surface area (Å²) in [7, 11) is 1.31. The van der Waals surface area contributed by atoms with Crippen molar-refractivity contribution in [2.75, 3.05) is 18.2 Å². The maximum Gasteiger partial charge on any atom is 0.339 e. The van der Waals surface area contributed by atoms with Gasteiger partial charge >= 0.3 is 5.97 Å². The second-order valence-corrected chi connectivity index (χ2v) is 6.18. The SMILES string of the molecule is COC(=O)c1cccc(C)c1NC(=O)CSc1ccccc1Cl. The van der Waals surface area contributed by atoms with E-state index < -0.39 is 5.97 Å². The molecule has 0 aliphatic carbocycles. The fourth-order valence-corrected chi connectivity index (χ4v) is 3.03. The second kappa shape index (κ2) is 8.04. The molecule has 2 aromatic carbocycles. The van der Waals surface area contributed by atoms with Crippen molar-refractivity contribution in [2.24, 2.45) is 0 Å². The number of carbonyl (C=O) groups is 2. The lowest BCUT2D eigenvalue weighted by Gasteiger charge is -2.12. The van der Waals surface area contributed by atoms with E-state index in [-0.39, 0.29) is 11.7 Å². The molecule has 0 saturated carbocycles. The molecule has 0 bridgehead atoms. The molecule has 1 amide bonds. The molecule has 0 heterocycles. The van der Waals surface area contributed by atoms with Crippen LogP contribution in [0.4, 0.5) is 5.69 Å². The summed E-state index contributed by atoms with van der Waals surface area (Å²) in [5, 5.41) is 3.39. The zero-order valence-electron chi connectivity index (χ0n) is 12.8. The molecule has 0 aromatic heterocycles. The van der Waals surface area contributed by atoms with Crippen LogP contribution in [-0.4, -0.2) is 24.7 Å². The summed E-state index contributed by atoms with van der Waals surface area (Å²) < 4.78 is 4.75. The van der Waals surface area contributed by atoms with Gasteiger partial charge in [0.1, 0.15) is 0 Å². The maximum atomic E-state index is 12.2. The average molecular weight is 350 g/mol. The summed E-state index contributed by atoms with van der Waals surface area (Å²) >= 11 is 7.41. The van der Waals surface area contributed by atoms with Gasteiger partial charge in [0.25, 0.3) is 0 Å². The quantitative estimate of drug-likeness (QED) is 0.650. The lowest BCUT2D eigenvalue weighted by Crippen LogP contribution is -2.18. The topological polar surface area (TPSA) is 55.4 Å². The Bertz CT molecular complexity index is 734. The van der Waals surface area contributed by atoms with Gasteiger partial charge in [0, 0.05) is 4.90 Å². The van der Waals surface area contributed by atoms with Crippen LogP contribution in [-0.2, 0) is 9.53 Å². The molecular weight excluding hydrogens is 334 g/mol. The summed E-state index contributed by atoms with van der Waals surface area (Å²) in [6.07, 6.45) is 0. The highest BCUT2D eigenvalue weighted by Crippen LogP contribution is 2.27. The van der Waals surface area contributed by atoms with Gasteiger partial charge in [-0.2, -0.15) is 0 Å². The van der Waals surface area contributed by atoms with Gasteiger partial charge in [0.2, 0.25) is 5.91 Å². The van der Waals surface area contributed by atoms with Crippen LogP contribution in [0.15, 0.2) is 47.4 Å². The number of ether oxygens (including phenoxy) is 1. The molecule has 6 heteroatoms. The zero-order chi connectivity index (χ0) is 16.8. The van der Waals surface area contributed by atoms with E-state index in [4.69, 9.17) is 16.3 Å². The van der Waals surface area contributed by atoms with E-state index in [0.29, 0.717) is 16.3 Å². The zero-order valence-corrected chi connectivity index (χ0v) is 14.3. The molecule has 4 nitrogen and oxygen atoms in total. The summed E-state index contributed by atoms with van der Waals surface area (Å²) in [6, 6.07) is 12.5. The van der Waals surface area contributed by atoms with Crippen molar-refractivity contribution in [3.8, 4) is 0 Å². The first-order valence-electron chi connectivity index (χ1n) is 6.88. The highest BCUT2D eigenvalue weighted by Gasteiger charge is 2.16. The van der Waals surface area contributed by atoms with Gasteiger partial charge < -0.3 is 10.1 Å². The Morgan fingerprint density at radius 2 is 1.91 bits per heavy atom. The van der Waals surface area contributed by atoms with Crippen molar-refractivity contribution in [3.05, 3.63) is 58.6 Å². The van der Waals surface area contributed by atoms with Crippen LogP contribution in [0.2, 0.25) is 5.02 Å². The number of hydrogen-bond donors (Lipinski definition) is 1. The number of halogens is 1. The number of esters is 1. The number of rotatable bonds is 5. The molecule has 0 atom stereocenters. The van der Waals surface area contributed by atoms with Crippen molar-refractivity contribution in [2.45, 2.75) is 11.8 Å². The van der Waals surface area contributed by atoms with E-state index in [1.807, 2.05) is 31.2 Å². The average Bonchev–Trinajstić information content (AvgIpc) is 2.55. The summed E-state index contributed by atoms with van der Waals surface area (Å²) in [6.45, 7) is 1.82. The standard InChI is InChI=1S/C17H16ClNO3S/c1-11-6-5-7-12(17(21)22-2)16(11)19-15(20)10-23-14-9-4-3-8-13(14)18/h3-9H,10H2,1-2H3,(H,19,20). The van der Waals surface area contributed by atoms with Crippen LogP contribution in [0.5, 0.6) is 0 Å². The third-order valence-electron chi connectivity index (χ3n) is 3.14. The van der Waals surface area contributed by atoms with E-state index >= 15 is 0 Å². The summed E-state index contributed by atoms with van der Waals surface area (Å²) in [5.41, 5.74) is 1.61. The smallest absolute Gasteiger partial charge is 0.339 e. The highest BCUT2D eigenvalue weighted by atomic mass is 35.5. The first-order chi connectivity index (χ1) is 11.0. The third-order valence-corrected chi connectivity index (χ3v) is 4.65. The van der Waals surface area contributed by atoms with Crippen molar-refractivity contribution >= 4 is 40.9 Å². The third kappa shape index (κ3) is 4.50. The lowest BCUT2D eigenvalue weighted by molar-refractivity contribution is -0.113. The summed E-state index contributed by atoms with van der Waals surface area (Å²) in [5.74, 6) is -0.504. The molecule has 0 unspecified atom stereocenters. The largest absolute Gasteiger partial charge is 0.465 e. The van der Waals surface area contributed by atoms with Gasteiger partial charge in [0.05, 0.1) is 29.1 Å². The normalized spacial score (nSPS) is 10.2. The molecule has 0 aliphatic rings. The van der Waals surface area contributed by atoms with E-state index in [1.54, 1.807) is 18.2 Å². The number of anilines is 1. The molecule has 1 N–H and O–H groups in total. The van der Waals surface area contributed by atoms with Crippen molar-refractivity contribution in [1.82, 2.24) is 0 Å². The molecule has 0 saturated heterocycles. The van der Waals surface area contributed by atoms with Gasteiger partial charge in [-0.15, -0.1) is 11.8 Å². The van der Waals surface area contributed by atoms with E-state index in [0.717, 1.165) is 10.5 Å². The maximum absolute atomic E-state index is 12.2. The fourth-order valence-electron chi connectivity index (χ4n) is 1.99. The van der Waals surface area contributed by atoms with Crippen molar-refractivity contribution in [1.29, 1.82) is 0 Å². The van der Waals surface area contributed by atoms with Crippen LogP contribution >= 0.6 is 23.4 Å². The molecule has 0 fully saturated rings. The number of methoxy groups -OCH3 is 1. The van der Waals surface area contributed by atoms with E-state index in [1.165, 1.54) is 18.9 Å². The fraction of sp³-hybridized carbons (Fsp3) is 0.176. The number of benzene rings is 2. The van der Waals surface area contributed by atoms with E-state index in [9.17, 15) is 9.59 Å². The lowest BCUT2D eigenvalue weighted by atomic mass is 10.1. The molecule has 120 valence electrons. The highest BCUT2D eigenvalue weighted by molar-refractivity contribution is 8.00. The minimum Gasteiger partial charge on any atom is -0.465 e. The van der Waals surface area contributed by atoms with Crippen LogP contribution in [0.25, 0.3) is 0 Å². The molecule has 23 heavy (non-hydrogen) atoms. The van der Waals surface area contributed by atoms with Crippen LogP contribution in [0.3, 0.4) is 0 Å². The van der Waals surface area contributed by atoms with Crippen molar-refractivity contribution < 1.29 is 14.3 Å². The van der Waals surface area contributed by atoms with Gasteiger partial charge in [-0.3, -0.25) is 4.79 Å². The number of para-hydroxylation sites is 1. The Labute approximate surface area is 144 Å². The number of amides is 1. The first kappa shape index (κ1) is 17.4. The molecular formula is C17H16ClNO3S. The second-order valence-electron chi connectivity index (χ2n) is 4.76. The molecule has 0 radical (unpaired) electrons. The molecule has 2 aromatic rings. The summed E-state index contributed by atoms with van der Waals surface area (Å²) in [4.78, 5) is 24.8.